The quantitative estimate of drug-likeness (QED) is 0.936. The highest BCUT2D eigenvalue weighted by molar-refractivity contribution is 8.01. The number of hydrogen-bond donors (Lipinski definition) is 1. The molecule has 0 radical (unpaired) electrons. The van der Waals surface area contributed by atoms with Gasteiger partial charge < -0.3 is 5.11 Å². The molecule has 96 valence electrons. The third-order valence-electron chi connectivity index (χ3n) is 2.43. The molecular weight excluding hydrogens is 280 g/mol. The van der Waals surface area contributed by atoms with Crippen molar-refractivity contribution >= 4 is 29.1 Å². The zero-order chi connectivity index (χ0) is 14.0. The molecule has 19 heavy (non-hydrogen) atoms. The van der Waals surface area contributed by atoms with Crippen molar-refractivity contribution in [2.75, 3.05) is 0 Å². The molecule has 1 aromatic heterocycles. The molecule has 0 amide bonds. The first-order valence-electron chi connectivity index (χ1n) is 5.40. The average molecular weight is 290 g/mol. The highest BCUT2D eigenvalue weighted by Crippen LogP contribution is 2.35. The first-order valence-corrected chi connectivity index (χ1v) is 7.04. The largest absolute Gasteiger partial charge is 0.477 e. The van der Waals surface area contributed by atoms with Crippen LogP contribution in [0.1, 0.15) is 26.5 Å². The predicted molar refractivity (Wildman–Crippen MR) is 73.8 cm³/mol. The van der Waals surface area contributed by atoms with Crippen LogP contribution in [0.2, 0.25) is 0 Å². The minimum atomic E-state index is -0.966. The molecule has 0 aliphatic heterocycles. The molecule has 2 rings (SSSR count). The number of nitrogens with zero attached hydrogens (tertiary/aromatic N) is 2. The predicted octanol–water partition coefficient (Wildman–Crippen LogP) is 3.48. The van der Waals surface area contributed by atoms with Crippen molar-refractivity contribution in [3.8, 4) is 6.07 Å². The number of aromatic carboxylic acids is 1. The van der Waals surface area contributed by atoms with Crippen molar-refractivity contribution in [3.05, 3.63) is 39.9 Å². The summed E-state index contributed by atoms with van der Waals surface area (Å²) < 4.78 is 0.636. The fourth-order valence-corrected chi connectivity index (χ4v) is 3.68. The number of aromatic nitrogens is 1. The Morgan fingerprint density at radius 1 is 1.47 bits per heavy atom. The molecule has 0 unspecified atom stereocenters. The third kappa shape index (κ3) is 2.95. The van der Waals surface area contributed by atoms with Gasteiger partial charge in [0.05, 0.1) is 11.3 Å². The highest BCUT2D eigenvalue weighted by Gasteiger charge is 2.15. The normalized spacial score (nSPS) is 10.2. The second-order valence-electron chi connectivity index (χ2n) is 3.91. The standard InChI is InChI=1S/C13H10N2O2S2/c1-7-3-4-9(6-14)10(5-7)18-13-15-8(2)11(19-13)12(16)17/h3-5H,1-2H3,(H,16,17). The number of rotatable bonds is 3. The Balaban J connectivity index is 2.36. The topological polar surface area (TPSA) is 74.0 Å². The number of carboxylic acid groups (broad SMARTS) is 1. The van der Waals surface area contributed by atoms with Gasteiger partial charge in [-0.2, -0.15) is 5.26 Å². The Morgan fingerprint density at radius 2 is 2.21 bits per heavy atom. The summed E-state index contributed by atoms with van der Waals surface area (Å²) in [5.74, 6) is -0.966. The van der Waals surface area contributed by atoms with Crippen LogP contribution in [0.15, 0.2) is 27.4 Å². The third-order valence-corrected chi connectivity index (χ3v) is 4.69. The van der Waals surface area contributed by atoms with Gasteiger partial charge in [-0.3, -0.25) is 0 Å². The zero-order valence-corrected chi connectivity index (χ0v) is 11.9. The number of thiazole rings is 1. The van der Waals surface area contributed by atoms with Crippen LogP contribution >= 0.6 is 23.1 Å². The van der Waals surface area contributed by atoms with Crippen molar-refractivity contribution in [3.63, 3.8) is 0 Å². The Labute approximate surface area is 118 Å². The van der Waals surface area contributed by atoms with Gasteiger partial charge in [0, 0.05) is 4.90 Å². The Bertz CT molecular complexity index is 686. The summed E-state index contributed by atoms with van der Waals surface area (Å²) in [4.78, 5) is 16.2. The molecule has 0 saturated heterocycles. The number of carbonyl (C=O) groups is 1. The first kappa shape index (κ1) is 13.6. The van der Waals surface area contributed by atoms with Crippen molar-refractivity contribution in [1.82, 2.24) is 4.98 Å². The van der Waals surface area contributed by atoms with Crippen LogP contribution in [0.5, 0.6) is 0 Å². The molecule has 0 aliphatic rings. The highest BCUT2D eigenvalue weighted by atomic mass is 32.2. The molecule has 6 heteroatoms. The van der Waals surface area contributed by atoms with E-state index in [-0.39, 0.29) is 4.88 Å². The van der Waals surface area contributed by atoms with E-state index in [1.54, 1.807) is 13.0 Å². The van der Waals surface area contributed by atoms with Crippen LogP contribution in [0.25, 0.3) is 0 Å². The first-order chi connectivity index (χ1) is 9.01. The molecule has 1 N–H and O–H groups in total. The molecular formula is C13H10N2O2S2. The van der Waals surface area contributed by atoms with Crippen LogP contribution in [0.3, 0.4) is 0 Å². The fourth-order valence-electron chi connectivity index (χ4n) is 1.51. The summed E-state index contributed by atoms with van der Waals surface area (Å²) in [5.41, 5.74) is 2.12. The summed E-state index contributed by atoms with van der Waals surface area (Å²) in [5, 5.41) is 18.1. The van der Waals surface area contributed by atoms with Crippen molar-refractivity contribution < 1.29 is 9.90 Å². The smallest absolute Gasteiger partial charge is 0.347 e. The summed E-state index contributed by atoms with van der Waals surface area (Å²) in [7, 11) is 0. The molecule has 0 saturated carbocycles. The number of benzene rings is 1. The lowest BCUT2D eigenvalue weighted by molar-refractivity contribution is 0.0701. The molecule has 4 nitrogen and oxygen atoms in total. The van der Waals surface area contributed by atoms with Crippen LogP contribution in [0, 0.1) is 25.2 Å². The van der Waals surface area contributed by atoms with E-state index in [1.165, 1.54) is 11.8 Å². The maximum absolute atomic E-state index is 11.0. The lowest BCUT2D eigenvalue weighted by atomic mass is 10.2. The maximum Gasteiger partial charge on any atom is 0.347 e. The van der Waals surface area contributed by atoms with Crippen LogP contribution in [-0.4, -0.2) is 16.1 Å². The van der Waals surface area contributed by atoms with E-state index in [2.05, 4.69) is 11.1 Å². The Kier molecular flexibility index (Phi) is 3.88. The molecule has 0 aliphatic carbocycles. The lowest BCUT2D eigenvalue weighted by Crippen LogP contribution is -1.94. The maximum atomic E-state index is 11.0. The van der Waals surface area contributed by atoms with Gasteiger partial charge in [0.25, 0.3) is 0 Å². The van der Waals surface area contributed by atoms with Gasteiger partial charge in [-0.15, -0.1) is 11.3 Å². The molecule has 2 aromatic rings. The minimum absolute atomic E-state index is 0.244. The van der Waals surface area contributed by atoms with E-state index in [9.17, 15) is 4.79 Å². The lowest BCUT2D eigenvalue weighted by Gasteiger charge is -2.02. The molecule has 0 fully saturated rings. The van der Waals surface area contributed by atoms with E-state index >= 15 is 0 Å². The van der Waals surface area contributed by atoms with Gasteiger partial charge >= 0.3 is 5.97 Å². The van der Waals surface area contributed by atoms with Gasteiger partial charge in [0.1, 0.15) is 10.9 Å². The SMILES string of the molecule is Cc1ccc(C#N)c(Sc2nc(C)c(C(=O)O)s2)c1. The Morgan fingerprint density at radius 3 is 2.79 bits per heavy atom. The molecule has 1 heterocycles. The van der Waals surface area contributed by atoms with Gasteiger partial charge in [-0.05, 0) is 31.5 Å². The molecule has 0 spiro atoms. The van der Waals surface area contributed by atoms with E-state index in [0.29, 0.717) is 15.6 Å². The van der Waals surface area contributed by atoms with Crippen LogP contribution in [0.4, 0.5) is 0 Å². The fraction of sp³-hybridized carbons (Fsp3) is 0.154. The van der Waals surface area contributed by atoms with Crippen molar-refractivity contribution in [2.24, 2.45) is 0 Å². The number of aryl methyl sites for hydroxylation is 2. The molecule has 1 aromatic carbocycles. The van der Waals surface area contributed by atoms with Crippen molar-refractivity contribution in [1.29, 1.82) is 5.26 Å². The monoisotopic (exact) mass is 290 g/mol. The average Bonchev–Trinajstić information content (AvgIpc) is 2.71. The second kappa shape index (κ2) is 5.43. The Hall–Kier alpha value is -1.84. The van der Waals surface area contributed by atoms with E-state index in [0.717, 1.165) is 21.8 Å². The summed E-state index contributed by atoms with van der Waals surface area (Å²) >= 11 is 2.46. The van der Waals surface area contributed by atoms with E-state index < -0.39 is 5.97 Å². The van der Waals surface area contributed by atoms with Gasteiger partial charge in [-0.1, -0.05) is 17.8 Å². The molecule has 0 bridgehead atoms. The molecule has 0 atom stereocenters. The van der Waals surface area contributed by atoms with Crippen LogP contribution in [-0.2, 0) is 0 Å². The van der Waals surface area contributed by atoms with Gasteiger partial charge in [0.2, 0.25) is 0 Å². The van der Waals surface area contributed by atoms with Crippen LogP contribution < -0.4 is 0 Å². The van der Waals surface area contributed by atoms with Gasteiger partial charge in [-0.25, -0.2) is 9.78 Å². The second-order valence-corrected chi connectivity index (χ2v) is 6.20. The van der Waals surface area contributed by atoms with E-state index in [1.807, 2.05) is 19.1 Å². The summed E-state index contributed by atoms with van der Waals surface area (Å²) in [6.45, 7) is 3.62. The van der Waals surface area contributed by atoms with Crippen molar-refractivity contribution in [2.45, 2.75) is 23.1 Å². The zero-order valence-electron chi connectivity index (χ0n) is 10.3. The number of hydrogen-bond acceptors (Lipinski definition) is 5. The number of nitriles is 1. The van der Waals surface area contributed by atoms with E-state index in [4.69, 9.17) is 10.4 Å². The number of carboxylic acids is 1. The summed E-state index contributed by atoms with van der Waals surface area (Å²) in [6, 6.07) is 7.66. The summed E-state index contributed by atoms with van der Waals surface area (Å²) in [6.07, 6.45) is 0. The minimum Gasteiger partial charge on any atom is -0.477 e. The van der Waals surface area contributed by atoms with Gasteiger partial charge in [0.15, 0.2) is 4.34 Å².